The number of aliphatic hydroxyl groups is 1. The van der Waals surface area contributed by atoms with Crippen LogP contribution in [0.4, 0.5) is 39.8 Å². The number of aliphatic imine (C=N–C) groups is 3. The Bertz CT molecular complexity index is 5110. The zero-order valence-corrected chi connectivity index (χ0v) is 66.0. The van der Waals surface area contributed by atoms with Crippen molar-refractivity contribution >= 4 is 111 Å². The largest absolute Gasteiger partial charge is 1.00 e. The summed E-state index contributed by atoms with van der Waals surface area (Å²) >= 11 is 0. The van der Waals surface area contributed by atoms with Crippen LogP contribution in [0.25, 0.3) is 32.3 Å². The molecule has 26 heteroatoms. The van der Waals surface area contributed by atoms with Crippen LogP contribution in [0.5, 0.6) is 23.0 Å². The Labute approximate surface area is 650 Å². The van der Waals surface area contributed by atoms with Crippen LogP contribution in [-0.4, -0.2) is 167 Å². The molecular formula is C78H81N7Na2O15S2. The van der Waals surface area contributed by atoms with E-state index in [9.17, 15) is 25.9 Å². The van der Waals surface area contributed by atoms with E-state index in [1.54, 1.807) is 36.5 Å². The molecule has 3 spiro atoms. The molecule has 7 aliphatic heterocycles. The van der Waals surface area contributed by atoms with Crippen LogP contribution in [0, 0.1) is 0 Å². The Hall–Kier alpha value is -7.21. The van der Waals surface area contributed by atoms with Gasteiger partial charge in [0.2, 0.25) is 17.2 Å². The van der Waals surface area contributed by atoms with Crippen molar-refractivity contribution in [1.29, 1.82) is 0 Å². The van der Waals surface area contributed by atoms with Crippen LogP contribution in [0.15, 0.2) is 182 Å². The van der Waals surface area contributed by atoms with E-state index in [1.807, 2.05) is 92.1 Å². The predicted octanol–water partition coefficient (Wildman–Crippen LogP) is 6.25. The van der Waals surface area contributed by atoms with Crippen molar-refractivity contribution in [2.75, 3.05) is 120 Å². The first-order valence-corrected chi connectivity index (χ1v) is 36.8. The number of para-hydroxylation sites is 3. The van der Waals surface area contributed by atoms with Crippen molar-refractivity contribution in [2.24, 2.45) is 15.0 Å². The Kier molecular flexibility index (Phi) is 21.7. The van der Waals surface area contributed by atoms with E-state index in [-0.39, 0.29) is 86.7 Å². The van der Waals surface area contributed by atoms with Gasteiger partial charge in [-0.3, -0.25) is 15.0 Å². The normalized spacial score (nSPS) is 20.7. The number of hydrogen-bond donors (Lipinski definition) is 1. The van der Waals surface area contributed by atoms with Gasteiger partial charge >= 0.3 is 59.1 Å². The summed E-state index contributed by atoms with van der Waals surface area (Å²) in [6, 6.07) is 49.4. The van der Waals surface area contributed by atoms with E-state index < -0.39 is 48.2 Å². The van der Waals surface area contributed by atoms with Crippen LogP contribution < -0.4 is 97.7 Å². The molecule has 1 N–H and O–H groups in total. The van der Waals surface area contributed by atoms with Gasteiger partial charge in [0.1, 0.15) is 55.4 Å². The molecule has 9 aromatic carbocycles. The standard InChI is InChI=1S/C30H36N2O6.C26H27N3O5S.C22H20N2O4S.2Na/c1-29(2)25-6-4-5-7-26(25)32(3)30(29)21-31-28-24-20-23(10-8-22(24)9-11-27(28)38-30)37-19-18-36-17-16-35-15-14-34-13-12-33;1-25(2)20-6-4-5-7-21(20)28(3)26(25)16-27-24-19-14-17(35(30,31)32)8-9-18(19)22(15-23(24)34-26)29-10-12-33-13-11-29;1-21(2)16-10-6-7-11-17(16)24(3)22(21)13-23-20-15-9-5-4-8-14(15)19(29(25,26)27)12-18(20)28-22;;/h4-11,20-21,33H,12-19H2,1-3H3;4-9,14-16H,10-13H2,1-3H3,(H,30,31,32);4-13H,1-3H3,(H,25,26,27);;/q;;;2*+1/p-2. The number of benzene rings is 9. The first-order valence-electron chi connectivity index (χ1n) is 34.0. The molecule has 1 fully saturated rings. The Balaban J connectivity index is 0.000000146. The molecule has 3 unspecified atom stereocenters. The fourth-order valence-corrected chi connectivity index (χ4v) is 16.7. The van der Waals surface area contributed by atoms with Crippen LogP contribution in [0.3, 0.4) is 0 Å². The molecule has 0 amide bonds. The molecule has 9 aromatic rings. The van der Waals surface area contributed by atoms with E-state index in [0.717, 1.165) is 67.2 Å². The van der Waals surface area contributed by atoms with Crippen LogP contribution in [0.2, 0.25) is 0 Å². The fourth-order valence-electron chi connectivity index (χ4n) is 15.5. The number of fused-ring (bicyclic) bond motifs is 12. The first-order chi connectivity index (χ1) is 48.8. The second kappa shape index (κ2) is 29.5. The predicted molar refractivity (Wildman–Crippen MR) is 394 cm³/mol. The van der Waals surface area contributed by atoms with Crippen LogP contribution >= 0.6 is 0 Å². The van der Waals surface area contributed by atoms with Crippen molar-refractivity contribution in [3.63, 3.8) is 0 Å². The van der Waals surface area contributed by atoms with Crippen molar-refractivity contribution in [3.8, 4) is 23.0 Å². The molecule has 7 heterocycles. The molecule has 0 aliphatic carbocycles. The van der Waals surface area contributed by atoms with Gasteiger partial charge < -0.3 is 71.7 Å². The minimum Gasteiger partial charge on any atom is -0.744 e. The number of anilines is 4. The summed E-state index contributed by atoms with van der Waals surface area (Å²) < 4.78 is 119. The molecule has 0 bridgehead atoms. The monoisotopic (exact) mass is 1470 g/mol. The molecular weight excluding hydrogens is 1390 g/mol. The summed E-state index contributed by atoms with van der Waals surface area (Å²) in [6.45, 7) is 18.6. The maximum absolute atomic E-state index is 12.0. The molecule has 0 saturated carbocycles. The van der Waals surface area contributed by atoms with Crippen LogP contribution in [0.1, 0.15) is 58.2 Å². The number of hydrogen-bond acceptors (Lipinski definition) is 22. The van der Waals surface area contributed by atoms with E-state index in [0.29, 0.717) is 106 Å². The van der Waals surface area contributed by atoms with Gasteiger partial charge in [-0.25, -0.2) is 16.8 Å². The Morgan fingerprint density at radius 3 is 1.39 bits per heavy atom. The second-order valence-corrected chi connectivity index (χ2v) is 30.4. The smallest absolute Gasteiger partial charge is 0.744 e. The second-order valence-electron chi connectivity index (χ2n) is 27.7. The topological polar surface area (TPSA) is 259 Å². The van der Waals surface area contributed by atoms with Crippen molar-refractivity contribution < 1.29 is 128 Å². The zero-order chi connectivity index (χ0) is 71.8. The molecule has 16 rings (SSSR count). The van der Waals surface area contributed by atoms with Gasteiger partial charge in [0.05, 0.1) is 104 Å². The number of ether oxygens (including phenoxy) is 8. The van der Waals surface area contributed by atoms with Crippen molar-refractivity contribution in [1.82, 2.24) is 0 Å². The summed E-state index contributed by atoms with van der Waals surface area (Å²) in [5.41, 5.74) is 5.80. The van der Waals surface area contributed by atoms with Crippen LogP contribution in [-0.2, 0) is 55.4 Å². The molecule has 532 valence electrons. The summed E-state index contributed by atoms with van der Waals surface area (Å²) in [7, 11) is -3.33. The first kappa shape index (κ1) is 76.4. The van der Waals surface area contributed by atoms with Gasteiger partial charge in [-0.1, -0.05) is 97.1 Å². The Morgan fingerprint density at radius 1 is 0.452 bits per heavy atom. The molecule has 0 radical (unpaired) electrons. The third kappa shape index (κ3) is 13.0. The molecule has 1 saturated heterocycles. The average Bonchev–Trinajstić information content (AvgIpc) is 1.53. The van der Waals surface area contributed by atoms with Crippen molar-refractivity contribution in [2.45, 2.75) is 84.8 Å². The fraction of sp³-hybridized carbons (Fsp3) is 0.346. The van der Waals surface area contributed by atoms with Gasteiger partial charge in [-0.15, -0.1) is 0 Å². The van der Waals surface area contributed by atoms with Gasteiger partial charge in [-0.05, 0) is 112 Å². The number of likely N-dealkylation sites (N-methyl/N-ethyl adjacent to an activating group) is 3. The molecule has 0 aromatic heterocycles. The third-order valence-electron chi connectivity index (χ3n) is 21.2. The number of aliphatic hydroxyl groups excluding tert-OH is 1. The summed E-state index contributed by atoms with van der Waals surface area (Å²) in [6.07, 6.45) is 5.55. The quantitative estimate of drug-likeness (QED) is 0.0676. The van der Waals surface area contributed by atoms with Gasteiger partial charge in [-0.2, -0.15) is 0 Å². The van der Waals surface area contributed by atoms with Gasteiger partial charge in [0.15, 0.2) is 11.5 Å². The number of nitrogens with zero attached hydrogens (tertiary/aromatic N) is 7. The van der Waals surface area contributed by atoms with E-state index in [1.165, 1.54) is 23.8 Å². The van der Waals surface area contributed by atoms with E-state index in [4.69, 9.17) is 58.0 Å². The zero-order valence-electron chi connectivity index (χ0n) is 60.3. The average molecular weight is 1470 g/mol. The maximum atomic E-state index is 12.0. The Morgan fingerprint density at radius 2 is 0.894 bits per heavy atom. The summed E-state index contributed by atoms with van der Waals surface area (Å²) in [4.78, 5) is 22.5. The molecule has 3 atom stereocenters. The molecule has 104 heavy (non-hydrogen) atoms. The van der Waals surface area contributed by atoms with Gasteiger partial charge in [0.25, 0.3) is 0 Å². The SMILES string of the molecule is CN1c2ccccc2C(C)(C)C12C=Nc1c(cc(N3CCOCC3)c3ccc(S(=O)(=O)[O-])cc13)O2.CN1c2ccccc2C(C)(C)C12C=Nc1c(cc(S(=O)(=O)[O-])c3ccccc13)O2.CN1c2ccccc2C(C)(C)C12C=Nc1c(ccc3ccc(OCCOCCOCCOCCO)cc13)O2.[Na+].[Na+]. The molecule has 22 nitrogen and oxygen atoms in total. The van der Waals surface area contributed by atoms with Crippen molar-refractivity contribution in [3.05, 3.63) is 174 Å². The van der Waals surface area contributed by atoms with E-state index >= 15 is 0 Å². The third-order valence-corrected chi connectivity index (χ3v) is 22.9. The van der Waals surface area contributed by atoms with E-state index in [2.05, 4.69) is 112 Å². The number of rotatable bonds is 15. The maximum Gasteiger partial charge on any atom is 1.00 e. The summed E-state index contributed by atoms with van der Waals surface area (Å²) in [5.74, 6) is 2.35. The minimum absolute atomic E-state index is 0. The molecule has 7 aliphatic rings. The number of morpholine rings is 1. The van der Waals surface area contributed by atoms with Gasteiger partial charge in [0, 0.05) is 96.0 Å². The summed E-state index contributed by atoms with van der Waals surface area (Å²) in [5, 5.41) is 13.0. The minimum atomic E-state index is -4.69.